The Balaban J connectivity index is 2.01. The third kappa shape index (κ3) is 2.76. The molecule has 0 fully saturated rings. The second-order valence-electron chi connectivity index (χ2n) is 4.72. The third-order valence-electron chi connectivity index (χ3n) is 3.19. The van der Waals surface area contributed by atoms with Gasteiger partial charge in [-0.2, -0.15) is 0 Å². The van der Waals surface area contributed by atoms with Crippen molar-refractivity contribution in [1.29, 1.82) is 0 Å². The van der Waals surface area contributed by atoms with Crippen LogP contribution in [0.15, 0.2) is 47.4 Å². The lowest BCUT2D eigenvalue weighted by atomic mass is 10.1. The molecule has 1 aliphatic heterocycles. The fourth-order valence-corrected chi connectivity index (χ4v) is 2.83. The molecule has 0 radical (unpaired) electrons. The zero-order valence-corrected chi connectivity index (χ0v) is 12.6. The van der Waals surface area contributed by atoms with Gasteiger partial charge in [0, 0.05) is 4.88 Å². The first kappa shape index (κ1) is 13.6. The van der Waals surface area contributed by atoms with Gasteiger partial charge < -0.3 is 9.47 Å². The molecule has 2 aromatic rings. The van der Waals surface area contributed by atoms with E-state index in [9.17, 15) is 4.79 Å². The van der Waals surface area contributed by atoms with Crippen molar-refractivity contribution in [3.05, 3.63) is 63.4 Å². The molecule has 0 spiro atoms. The first-order valence-electron chi connectivity index (χ1n) is 6.51. The van der Waals surface area contributed by atoms with Crippen LogP contribution >= 0.6 is 11.3 Å². The highest BCUT2D eigenvalue weighted by Gasteiger charge is 2.24. The summed E-state index contributed by atoms with van der Waals surface area (Å²) in [6.07, 6.45) is 3.60. The first-order chi connectivity index (χ1) is 10.2. The average Bonchev–Trinajstić information content (AvgIpc) is 3.10. The molecule has 0 atom stereocenters. The summed E-state index contributed by atoms with van der Waals surface area (Å²) in [4.78, 5) is 13.0. The number of carbonyl (C=O) groups excluding carboxylic acids is 1. The standard InChI is InChI=1S/C17H14O3S/c1-11-5-6-15(19-2)14(8-11)16-10-12(17(18)20-16)9-13-4-3-7-21-13/h3-10H,1-2H3/b12-9+. The minimum atomic E-state index is -0.332. The molecule has 21 heavy (non-hydrogen) atoms. The molecule has 0 saturated carbocycles. The van der Waals surface area contributed by atoms with Crippen LogP contribution in [-0.2, 0) is 9.53 Å². The van der Waals surface area contributed by atoms with Gasteiger partial charge in [-0.25, -0.2) is 4.79 Å². The van der Waals surface area contributed by atoms with Crippen LogP contribution in [0.2, 0.25) is 0 Å². The van der Waals surface area contributed by atoms with E-state index < -0.39 is 0 Å². The van der Waals surface area contributed by atoms with Crippen LogP contribution in [0.25, 0.3) is 11.8 Å². The minimum Gasteiger partial charge on any atom is -0.496 e. The monoisotopic (exact) mass is 298 g/mol. The van der Waals surface area contributed by atoms with Gasteiger partial charge in [-0.1, -0.05) is 17.7 Å². The summed E-state index contributed by atoms with van der Waals surface area (Å²) in [6.45, 7) is 1.99. The van der Waals surface area contributed by atoms with Crippen molar-refractivity contribution in [1.82, 2.24) is 0 Å². The number of rotatable bonds is 3. The van der Waals surface area contributed by atoms with Crippen molar-refractivity contribution in [2.45, 2.75) is 6.92 Å². The number of esters is 1. The Hall–Kier alpha value is -2.33. The van der Waals surface area contributed by atoms with Crippen molar-refractivity contribution in [2.75, 3.05) is 7.11 Å². The van der Waals surface area contributed by atoms with Gasteiger partial charge >= 0.3 is 5.97 Å². The topological polar surface area (TPSA) is 35.5 Å². The Morgan fingerprint density at radius 3 is 2.86 bits per heavy atom. The SMILES string of the molecule is COc1ccc(C)cc1C1=C/C(=C\c2cccs2)C(=O)O1. The molecule has 1 aliphatic rings. The summed E-state index contributed by atoms with van der Waals surface area (Å²) in [6, 6.07) is 9.70. The van der Waals surface area contributed by atoms with E-state index in [0.29, 0.717) is 17.1 Å². The molecule has 4 heteroatoms. The predicted octanol–water partition coefficient (Wildman–Crippen LogP) is 4.05. The van der Waals surface area contributed by atoms with Gasteiger partial charge in [0.05, 0.1) is 18.2 Å². The second kappa shape index (κ2) is 5.58. The maximum absolute atomic E-state index is 12.0. The van der Waals surface area contributed by atoms with Crippen molar-refractivity contribution >= 4 is 29.1 Å². The Morgan fingerprint density at radius 2 is 2.14 bits per heavy atom. The summed E-state index contributed by atoms with van der Waals surface area (Å²) in [7, 11) is 1.61. The molecule has 3 nitrogen and oxygen atoms in total. The summed E-state index contributed by atoms with van der Waals surface area (Å²) >= 11 is 1.58. The van der Waals surface area contributed by atoms with Gasteiger partial charge in [0.2, 0.25) is 0 Å². The number of cyclic esters (lactones) is 1. The van der Waals surface area contributed by atoms with Crippen molar-refractivity contribution < 1.29 is 14.3 Å². The maximum atomic E-state index is 12.0. The molecule has 0 bridgehead atoms. The van der Waals surface area contributed by atoms with Crippen molar-refractivity contribution in [3.63, 3.8) is 0 Å². The number of hydrogen-bond donors (Lipinski definition) is 0. The van der Waals surface area contributed by atoms with Crippen LogP contribution in [0.5, 0.6) is 5.75 Å². The molecule has 0 aliphatic carbocycles. The largest absolute Gasteiger partial charge is 0.496 e. The van der Waals surface area contributed by atoms with Crippen LogP contribution in [0.3, 0.4) is 0 Å². The lowest BCUT2D eigenvalue weighted by Crippen LogP contribution is -1.98. The van der Waals surface area contributed by atoms with Crippen LogP contribution in [-0.4, -0.2) is 13.1 Å². The number of benzene rings is 1. The lowest BCUT2D eigenvalue weighted by molar-refractivity contribution is -0.130. The number of hydrogen-bond acceptors (Lipinski definition) is 4. The van der Waals surface area contributed by atoms with E-state index in [1.54, 1.807) is 24.5 Å². The summed E-state index contributed by atoms with van der Waals surface area (Å²) in [5.41, 5.74) is 2.43. The quantitative estimate of drug-likeness (QED) is 0.633. The van der Waals surface area contributed by atoms with E-state index in [0.717, 1.165) is 16.0 Å². The number of methoxy groups -OCH3 is 1. The molecule has 1 aromatic carbocycles. The molecule has 106 valence electrons. The Bertz CT molecular complexity index is 739. The zero-order chi connectivity index (χ0) is 14.8. The fraction of sp³-hybridized carbons (Fsp3) is 0.118. The molecule has 2 heterocycles. The third-order valence-corrected chi connectivity index (χ3v) is 4.01. The summed E-state index contributed by atoms with van der Waals surface area (Å²) in [5.74, 6) is 0.891. The molecular weight excluding hydrogens is 284 g/mol. The number of carbonyl (C=O) groups is 1. The number of aryl methyl sites for hydroxylation is 1. The fourth-order valence-electron chi connectivity index (χ4n) is 2.16. The van der Waals surface area contributed by atoms with Gasteiger partial charge in [0.1, 0.15) is 11.5 Å². The van der Waals surface area contributed by atoms with E-state index in [1.165, 1.54) is 0 Å². The Kier molecular flexibility index (Phi) is 3.62. The molecular formula is C17H14O3S. The molecule has 0 saturated heterocycles. The smallest absolute Gasteiger partial charge is 0.343 e. The number of ether oxygens (including phenoxy) is 2. The summed E-state index contributed by atoms with van der Waals surface area (Å²) < 4.78 is 10.7. The second-order valence-corrected chi connectivity index (χ2v) is 5.70. The predicted molar refractivity (Wildman–Crippen MR) is 84.1 cm³/mol. The van der Waals surface area contributed by atoms with Crippen molar-refractivity contribution in [2.24, 2.45) is 0 Å². The minimum absolute atomic E-state index is 0.332. The van der Waals surface area contributed by atoms with Gasteiger partial charge in [0.15, 0.2) is 0 Å². The van der Waals surface area contributed by atoms with Crippen LogP contribution < -0.4 is 4.74 Å². The van der Waals surface area contributed by atoms with Crippen molar-refractivity contribution in [3.8, 4) is 5.75 Å². The van der Waals surface area contributed by atoms with E-state index in [4.69, 9.17) is 9.47 Å². The molecule has 1 aromatic heterocycles. The zero-order valence-electron chi connectivity index (χ0n) is 11.8. The first-order valence-corrected chi connectivity index (χ1v) is 7.39. The molecule has 0 unspecified atom stereocenters. The summed E-state index contributed by atoms with van der Waals surface area (Å²) in [5, 5.41) is 1.97. The van der Waals surface area contributed by atoms with E-state index in [1.807, 2.05) is 48.7 Å². The highest BCUT2D eigenvalue weighted by atomic mass is 32.1. The van der Waals surface area contributed by atoms with Crippen LogP contribution in [0.1, 0.15) is 16.0 Å². The van der Waals surface area contributed by atoms with Gasteiger partial charge in [0.25, 0.3) is 0 Å². The van der Waals surface area contributed by atoms with Gasteiger partial charge in [-0.05, 0) is 42.7 Å². The normalized spacial score (nSPS) is 16.0. The number of thiophene rings is 1. The van der Waals surface area contributed by atoms with E-state index >= 15 is 0 Å². The van der Waals surface area contributed by atoms with E-state index in [-0.39, 0.29) is 5.97 Å². The molecule has 0 N–H and O–H groups in total. The van der Waals surface area contributed by atoms with Gasteiger partial charge in [-0.3, -0.25) is 0 Å². The van der Waals surface area contributed by atoms with Gasteiger partial charge in [-0.15, -0.1) is 11.3 Å². The average molecular weight is 298 g/mol. The highest BCUT2D eigenvalue weighted by Crippen LogP contribution is 2.33. The Labute approximate surface area is 127 Å². The molecule has 3 rings (SSSR count). The Morgan fingerprint density at radius 1 is 1.29 bits per heavy atom. The maximum Gasteiger partial charge on any atom is 0.343 e. The highest BCUT2D eigenvalue weighted by molar-refractivity contribution is 7.10. The van der Waals surface area contributed by atoms with Crippen LogP contribution in [0.4, 0.5) is 0 Å². The van der Waals surface area contributed by atoms with Crippen LogP contribution in [0, 0.1) is 6.92 Å². The lowest BCUT2D eigenvalue weighted by Gasteiger charge is -2.09. The molecule has 0 amide bonds. The van der Waals surface area contributed by atoms with E-state index in [2.05, 4.69) is 0 Å².